The van der Waals surface area contributed by atoms with E-state index < -0.39 is 0 Å². The van der Waals surface area contributed by atoms with Crippen LogP contribution in [0.5, 0.6) is 0 Å². The van der Waals surface area contributed by atoms with Crippen molar-refractivity contribution >= 4 is 16.5 Å². The van der Waals surface area contributed by atoms with Gasteiger partial charge in [0, 0.05) is 12.2 Å². The summed E-state index contributed by atoms with van der Waals surface area (Å²) in [4.78, 5) is 0. The van der Waals surface area contributed by atoms with E-state index in [0.717, 1.165) is 12.5 Å². The number of anilines is 1. The predicted octanol–water partition coefficient (Wildman–Crippen LogP) is 4.69. The van der Waals surface area contributed by atoms with E-state index in [0.29, 0.717) is 0 Å². The van der Waals surface area contributed by atoms with Crippen molar-refractivity contribution in [2.75, 3.05) is 11.9 Å². The fourth-order valence-electron chi connectivity index (χ4n) is 2.19. The molecule has 0 aromatic heterocycles. The minimum Gasteiger partial charge on any atom is -0.385 e. The first-order valence-corrected chi connectivity index (χ1v) is 6.52. The normalized spacial score (nSPS) is 12.6. The van der Waals surface area contributed by atoms with Crippen molar-refractivity contribution in [2.24, 2.45) is 5.92 Å². The highest BCUT2D eigenvalue weighted by Gasteiger charge is 2.00. The Morgan fingerprint density at radius 1 is 1.06 bits per heavy atom. The molecule has 0 bridgehead atoms. The second-order valence-corrected chi connectivity index (χ2v) is 4.84. The van der Waals surface area contributed by atoms with Crippen molar-refractivity contribution in [1.82, 2.24) is 0 Å². The summed E-state index contributed by atoms with van der Waals surface area (Å²) >= 11 is 0. The van der Waals surface area contributed by atoms with E-state index in [4.69, 9.17) is 0 Å². The monoisotopic (exact) mass is 227 g/mol. The Morgan fingerprint density at radius 2 is 1.82 bits per heavy atom. The molecule has 17 heavy (non-hydrogen) atoms. The van der Waals surface area contributed by atoms with Crippen LogP contribution in [0, 0.1) is 5.92 Å². The van der Waals surface area contributed by atoms with Crippen LogP contribution in [0.25, 0.3) is 10.8 Å². The van der Waals surface area contributed by atoms with Gasteiger partial charge in [-0.2, -0.15) is 0 Å². The maximum atomic E-state index is 3.52. The Morgan fingerprint density at radius 3 is 2.59 bits per heavy atom. The summed E-state index contributed by atoms with van der Waals surface area (Å²) in [5.74, 6) is 0.742. The Kier molecular flexibility index (Phi) is 4.03. The summed E-state index contributed by atoms with van der Waals surface area (Å²) in [5.41, 5.74) is 1.23. The Hall–Kier alpha value is -1.50. The molecule has 0 saturated heterocycles. The van der Waals surface area contributed by atoms with Gasteiger partial charge in [0.1, 0.15) is 0 Å². The summed E-state index contributed by atoms with van der Waals surface area (Å²) in [6.07, 6.45) is 2.56. The van der Waals surface area contributed by atoms with E-state index in [1.54, 1.807) is 0 Å². The van der Waals surface area contributed by atoms with E-state index in [9.17, 15) is 0 Å². The largest absolute Gasteiger partial charge is 0.385 e. The molecule has 1 unspecified atom stereocenters. The van der Waals surface area contributed by atoms with Gasteiger partial charge in [0.15, 0.2) is 0 Å². The van der Waals surface area contributed by atoms with E-state index in [1.165, 1.54) is 29.3 Å². The highest BCUT2D eigenvalue weighted by Crippen LogP contribution is 2.19. The van der Waals surface area contributed by atoms with E-state index in [-0.39, 0.29) is 0 Å². The standard InChI is InChI=1S/C16H21N/c1-3-6-13(2)12-17-16-10-9-14-7-4-5-8-15(14)11-16/h4-5,7-11,13,17H,3,6,12H2,1-2H3. The number of rotatable bonds is 5. The second kappa shape index (κ2) is 5.72. The van der Waals surface area contributed by atoms with Crippen LogP contribution in [0.3, 0.4) is 0 Å². The minimum atomic E-state index is 0.742. The van der Waals surface area contributed by atoms with Crippen molar-refractivity contribution in [1.29, 1.82) is 0 Å². The number of nitrogens with one attached hydrogen (secondary N) is 1. The zero-order valence-electron chi connectivity index (χ0n) is 10.7. The Balaban J connectivity index is 2.04. The number of hydrogen-bond acceptors (Lipinski definition) is 1. The summed E-state index contributed by atoms with van der Waals surface area (Å²) in [5, 5.41) is 6.13. The van der Waals surface area contributed by atoms with Crippen LogP contribution >= 0.6 is 0 Å². The lowest BCUT2D eigenvalue weighted by molar-refractivity contribution is 0.551. The van der Waals surface area contributed by atoms with Gasteiger partial charge in [-0.25, -0.2) is 0 Å². The van der Waals surface area contributed by atoms with Gasteiger partial charge in [0.2, 0.25) is 0 Å². The highest BCUT2D eigenvalue weighted by atomic mass is 14.9. The van der Waals surface area contributed by atoms with E-state index in [1.807, 2.05) is 0 Å². The third-order valence-electron chi connectivity index (χ3n) is 3.19. The lowest BCUT2D eigenvalue weighted by Gasteiger charge is -2.13. The fourth-order valence-corrected chi connectivity index (χ4v) is 2.19. The third kappa shape index (κ3) is 3.23. The molecule has 0 spiro atoms. The summed E-state index contributed by atoms with van der Waals surface area (Å²) in [6, 6.07) is 15.1. The minimum absolute atomic E-state index is 0.742. The molecule has 90 valence electrons. The maximum Gasteiger partial charge on any atom is 0.0346 e. The van der Waals surface area contributed by atoms with Gasteiger partial charge in [0.05, 0.1) is 0 Å². The van der Waals surface area contributed by atoms with Crippen LogP contribution in [0.15, 0.2) is 42.5 Å². The molecule has 0 amide bonds. The van der Waals surface area contributed by atoms with Gasteiger partial charge in [-0.05, 0) is 35.2 Å². The maximum absolute atomic E-state index is 3.52. The summed E-state index contributed by atoms with van der Waals surface area (Å²) in [6.45, 7) is 5.61. The SMILES string of the molecule is CCCC(C)CNc1ccc2ccccc2c1. The summed E-state index contributed by atoms with van der Waals surface area (Å²) in [7, 11) is 0. The predicted molar refractivity (Wildman–Crippen MR) is 76.5 cm³/mol. The quantitative estimate of drug-likeness (QED) is 0.781. The van der Waals surface area contributed by atoms with Crippen LogP contribution in [-0.2, 0) is 0 Å². The summed E-state index contributed by atoms with van der Waals surface area (Å²) < 4.78 is 0. The van der Waals surface area contributed by atoms with Gasteiger partial charge in [-0.3, -0.25) is 0 Å². The van der Waals surface area contributed by atoms with Gasteiger partial charge in [0.25, 0.3) is 0 Å². The van der Waals surface area contributed by atoms with E-state index >= 15 is 0 Å². The number of hydrogen-bond donors (Lipinski definition) is 1. The number of fused-ring (bicyclic) bond motifs is 1. The van der Waals surface area contributed by atoms with Crippen molar-refractivity contribution in [3.05, 3.63) is 42.5 Å². The van der Waals surface area contributed by atoms with Crippen molar-refractivity contribution in [2.45, 2.75) is 26.7 Å². The van der Waals surface area contributed by atoms with Gasteiger partial charge >= 0.3 is 0 Å². The first kappa shape index (κ1) is 12.0. The average molecular weight is 227 g/mol. The van der Waals surface area contributed by atoms with Crippen molar-refractivity contribution in [3.63, 3.8) is 0 Å². The smallest absolute Gasteiger partial charge is 0.0346 e. The van der Waals surface area contributed by atoms with Gasteiger partial charge in [-0.1, -0.05) is 50.6 Å². The second-order valence-electron chi connectivity index (χ2n) is 4.84. The first-order valence-electron chi connectivity index (χ1n) is 6.52. The Bertz CT molecular complexity index is 476. The highest BCUT2D eigenvalue weighted by molar-refractivity contribution is 5.85. The van der Waals surface area contributed by atoms with Crippen molar-refractivity contribution < 1.29 is 0 Å². The molecule has 1 heteroatoms. The van der Waals surface area contributed by atoms with Crippen molar-refractivity contribution in [3.8, 4) is 0 Å². The molecule has 1 atom stereocenters. The van der Waals surface area contributed by atoms with Crippen LogP contribution in [0.1, 0.15) is 26.7 Å². The molecule has 0 saturated carbocycles. The third-order valence-corrected chi connectivity index (χ3v) is 3.19. The molecule has 0 heterocycles. The lowest BCUT2D eigenvalue weighted by Crippen LogP contribution is -2.10. The lowest BCUT2D eigenvalue weighted by atomic mass is 10.1. The molecular formula is C16H21N. The van der Waals surface area contributed by atoms with Gasteiger partial charge < -0.3 is 5.32 Å². The molecule has 2 rings (SSSR count). The zero-order valence-corrected chi connectivity index (χ0v) is 10.7. The molecule has 1 nitrogen and oxygen atoms in total. The van der Waals surface area contributed by atoms with Crippen LogP contribution in [0.4, 0.5) is 5.69 Å². The molecule has 0 aliphatic heterocycles. The molecule has 1 N–H and O–H groups in total. The average Bonchev–Trinajstić information content (AvgIpc) is 2.36. The van der Waals surface area contributed by atoms with Crippen LogP contribution in [0.2, 0.25) is 0 Å². The fraction of sp³-hybridized carbons (Fsp3) is 0.375. The van der Waals surface area contributed by atoms with E-state index in [2.05, 4.69) is 61.6 Å². The molecule has 0 aliphatic rings. The molecule has 2 aromatic carbocycles. The molecule has 0 fully saturated rings. The Labute approximate surface area is 104 Å². The molecule has 2 aromatic rings. The zero-order chi connectivity index (χ0) is 12.1. The molecule has 0 radical (unpaired) electrons. The van der Waals surface area contributed by atoms with Gasteiger partial charge in [-0.15, -0.1) is 0 Å². The van der Waals surface area contributed by atoms with Crippen LogP contribution < -0.4 is 5.32 Å². The first-order chi connectivity index (χ1) is 8.29. The molecular weight excluding hydrogens is 206 g/mol. The molecule has 0 aliphatic carbocycles. The van der Waals surface area contributed by atoms with Crippen LogP contribution in [-0.4, -0.2) is 6.54 Å². The topological polar surface area (TPSA) is 12.0 Å². The number of benzene rings is 2.